The molecule has 0 aromatic carbocycles. The number of thiophene rings is 1. The van der Waals surface area contributed by atoms with E-state index in [2.05, 4.69) is 22.0 Å². The lowest BCUT2D eigenvalue weighted by molar-refractivity contribution is 0.248. The molecule has 1 saturated heterocycles. The van der Waals surface area contributed by atoms with E-state index in [1.165, 1.54) is 11.3 Å². The second-order valence-electron chi connectivity index (χ2n) is 5.20. The van der Waals surface area contributed by atoms with Gasteiger partial charge in [0.05, 0.1) is 0 Å². The van der Waals surface area contributed by atoms with Gasteiger partial charge in [-0.1, -0.05) is 6.92 Å². The molecule has 2 rings (SSSR count). The average molecular weight is 317 g/mol. The largest absolute Gasteiger partial charge is 0.312 e. The van der Waals surface area contributed by atoms with Gasteiger partial charge in [0.2, 0.25) is 10.0 Å². The van der Waals surface area contributed by atoms with Crippen LogP contribution >= 0.6 is 11.3 Å². The molecule has 7 heteroatoms. The highest BCUT2D eigenvalue weighted by Gasteiger charge is 2.24. The lowest BCUT2D eigenvalue weighted by atomic mass is 10.1. The molecular weight excluding hydrogens is 294 g/mol. The lowest BCUT2D eigenvalue weighted by Crippen LogP contribution is -2.43. The van der Waals surface area contributed by atoms with Gasteiger partial charge in [0.1, 0.15) is 4.21 Å². The van der Waals surface area contributed by atoms with E-state index in [0.717, 1.165) is 43.9 Å². The molecule has 1 aliphatic rings. The van der Waals surface area contributed by atoms with Crippen molar-refractivity contribution in [2.24, 2.45) is 0 Å². The molecule has 0 bridgehead atoms. The van der Waals surface area contributed by atoms with Crippen LogP contribution in [-0.2, 0) is 16.6 Å². The van der Waals surface area contributed by atoms with Gasteiger partial charge < -0.3 is 10.2 Å². The van der Waals surface area contributed by atoms with E-state index in [1.54, 1.807) is 6.07 Å². The van der Waals surface area contributed by atoms with Gasteiger partial charge in [-0.05, 0) is 51.7 Å². The Morgan fingerprint density at radius 1 is 1.35 bits per heavy atom. The zero-order valence-corrected chi connectivity index (χ0v) is 13.7. The molecule has 20 heavy (non-hydrogen) atoms. The fourth-order valence-corrected chi connectivity index (χ4v) is 4.90. The molecule has 0 atom stereocenters. The summed E-state index contributed by atoms with van der Waals surface area (Å²) in [6.07, 6.45) is 1.76. The van der Waals surface area contributed by atoms with Gasteiger partial charge in [-0.15, -0.1) is 11.3 Å². The molecule has 114 valence electrons. The molecule has 0 unspecified atom stereocenters. The molecule has 1 aliphatic heterocycles. The van der Waals surface area contributed by atoms with Gasteiger partial charge in [-0.2, -0.15) is 0 Å². The number of nitrogens with zero attached hydrogens (tertiary/aromatic N) is 1. The van der Waals surface area contributed by atoms with Crippen molar-refractivity contribution >= 4 is 21.4 Å². The molecule has 5 nitrogen and oxygen atoms in total. The van der Waals surface area contributed by atoms with Crippen molar-refractivity contribution in [2.75, 3.05) is 26.7 Å². The van der Waals surface area contributed by atoms with Crippen LogP contribution < -0.4 is 10.0 Å². The van der Waals surface area contributed by atoms with Crippen LogP contribution in [0.3, 0.4) is 0 Å². The van der Waals surface area contributed by atoms with Crippen LogP contribution in [0.25, 0.3) is 0 Å². The number of hydrogen-bond acceptors (Lipinski definition) is 5. The summed E-state index contributed by atoms with van der Waals surface area (Å²) >= 11 is 1.35. The highest BCUT2D eigenvalue weighted by molar-refractivity contribution is 7.91. The maximum atomic E-state index is 12.3. The number of likely N-dealkylation sites (tertiary alicyclic amines) is 1. The van der Waals surface area contributed by atoms with Crippen molar-refractivity contribution in [2.45, 2.75) is 36.6 Å². The first kappa shape index (κ1) is 15.9. The predicted molar refractivity (Wildman–Crippen MR) is 82.5 cm³/mol. The monoisotopic (exact) mass is 317 g/mol. The third-order valence-electron chi connectivity index (χ3n) is 3.49. The molecule has 0 saturated carbocycles. The van der Waals surface area contributed by atoms with E-state index in [-0.39, 0.29) is 6.04 Å². The molecular formula is C13H23N3O2S2. The van der Waals surface area contributed by atoms with Crippen LogP contribution in [0.4, 0.5) is 0 Å². The SMILES string of the molecule is CCNCc1ccc(S(=O)(=O)NC2CCN(C)CC2)s1. The Balaban J connectivity index is 1.97. The quantitative estimate of drug-likeness (QED) is 0.828. The Morgan fingerprint density at radius 3 is 2.70 bits per heavy atom. The topological polar surface area (TPSA) is 61.4 Å². The van der Waals surface area contributed by atoms with Gasteiger partial charge in [-0.3, -0.25) is 0 Å². The maximum absolute atomic E-state index is 12.3. The van der Waals surface area contributed by atoms with E-state index in [0.29, 0.717) is 4.21 Å². The molecule has 1 fully saturated rings. The zero-order chi connectivity index (χ0) is 14.6. The molecule has 2 N–H and O–H groups in total. The minimum atomic E-state index is -3.36. The van der Waals surface area contributed by atoms with Crippen molar-refractivity contribution in [1.82, 2.24) is 14.9 Å². The van der Waals surface area contributed by atoms with Crippen molar-refractivity contribution in [3.05, 3.63) is 17.0 Å². The number of piperidine rings is 1. The third-order valence-corrected chi connectivity index (χ3v) is 6.59. The van der Waals surface area contributed by atoms with Crippen LogP contribution in [0.15, 0.2) is 16.3 Å². The third kappa shape index (κ3) is 4.26. The Bertz CT molecular complexity index is 519. The highest BCUT2D eigenvalue weighted by atomic mass is 32.2. The highest BCUT2D eigenvalue weighted by Crippen LogP contribution is 2.22. The van der Waals surface area contributed by atoms with E-state index in [9.17, 15) is 8.42 Å². The molecule has 1 aromatic rings. The molecule has 0 spiro atoms. The average Bonchev–Trinajstić information content (AvgIpc) is 2.88. The van der Waals surface area contributed by atoms with Gasteiger partial charge in [0.15, 0.2) is 0 Å². The summed E-state index contributed by atoms with van der Waals surface area (Å²) in [6, 6.07) is 3.65. The van der Waals surface area contributed by atoms with Gasteiger partial charge in [0.25, 0.3) is 0 Å². The summed E-state index contributed by atoms with van der Waals surface area (Å²) < 4.78 is 27.9. The van der Waals surface area contributed by atoms with Crippen molar-refractivity contribution < 1.29 is 8.42 Å². The smallest absolute Gasteiger partial charge is 0.250 e. The van der Waals surface area contributed by atoms with Crippen molar-refractivity contribution in [3.8, 4) is 0 Å². The van der Waals surface area contributed by atoms with Crippen LogP contribution in [0.1, 0.15) is 24.6 Å². The first-order chi connectivity index (χ1) is 9.51. The van der Waals surface area contributed by atoms with Crippen LogP contribution in [0.5, 0.6) is 0 Å². The fourth-order valence-electron chi connectivity index (χ4n) is 2.25. The van der Waals surface area contributed by atoms with Gasteiger partial charge >= 0.3 is 0 Å². The van der Waals surface area contributed by atoms with Crippen LogP contribution in [0, 0.1) is 0 Å². The van der Waals surface area contributed by atoms with E-state index in [1.807, 2.05) is 13.0 Å². The van der Waals surface area contributed by atoms with E-state index in [4.69, 9.17) is 0 Å². The second-order valence-corrected chi connectivity index (χ2v) is 8.31. The lowest BCUT2D eigenvalue weighted by Gasteiger charge is -2.29. The molecule has 0 radical (unpaired) electrons. The first-order valence-corrected chi connectivity index (χ1v) is 9.31. The van der Waals surface area contributed by atoms with Crippen LogP contribution in [-0.4, -0.2) is 46.0 Å². The Hall–Kier alpha value is -0.470. The first-order valence-electron chi connectivity index (χ1n) is 7.01. The molecule has 0 amide bonds. The summed E-state index contributed by atoms with van der Waals surface area (Å²) in [5, 5.41) is 3.21. The van der Waals surface area contributed by atoms with Gasteiger partial charge in [0, 0.05) is 17.5 Å². The molecule has 2 heterocycles. The minimum Gasteiger partial charge on any atom is -0.312 e. The number of hydrogen-bond donors (Lipinski definition) is 2. The Morgan fingerprint density at radius 2 is 2.05 bits per heavy atom. The summed E-state index contributed by atoms with van der Waals surface area (Å²) in [4.78, 5) is 3.28. The fraction of sp³-hybridized carbons (Fsp3) is 0.692. The number of rotatable bonds is 6. The normalized spacial score (nSPS) is 18.5. The molecule has 0 aliphatic carbocycles. The second kappa shape index (κ2) is 7.00. The van der Waals surface area contributed by atoms with Gasteiger partial charge in [-0.25, -0.2) is 13.1 Å². The summed E-state index contributed by atoms with van der Waals surface area (Å²) in [6.45, 7) is 5.54. The van der Waals surface area contributed by atoms with E-state index >= 15 is 0 Å². The zero-order valence-electron chi connectivity index (χ0n) is 12.1. The molecule has 1 aromatic heterocycles. The van der Waals surface area contributed by atoms with E-state index < -0.39 is 10.0 Å². The Kier molecular flexibility index (Phi) is 5.57. The number of sulfonamides is 1. The van der Waals surface area contributed by atoms with Crippen molar-refractivity contribution in [1.29, 1.82) is 0 Å². The Labute approximate surface area is 125 Å². The van der Waals surface area contributed by atoms with Crippen LogP contribution in [0.2, 0.25) is 0 Å². The summed E-state index contributed by atoms with van der Waals surface area (Å²) in [5.74, 6) is 0. The summed E-state index contributed by atoms with van der Waals surface area (Å²) in [5.41, 5.74) is 0. The maximum Gasteiger partial charge on any atom is 0.250 e. The predicted octanol–water partition coefficient (Wildman–Crippen LogP) is 1.23. The number of nitrogens with one attached hydrogen (secondary N) is 2. The minimum absolute atomic E-state index is 0.0653. The standard InChI is InChI=1S/C13H23N3O2S2/c1-3-14-10-12-4-5-13(19-12)20(17,18)15-11-6-8-16(2)9-7-11/h4-5,11,14-15H,3,6-10H2,1-2H3. The summed E-state index contributed by atoms with van der Waals surface area (Å²) in [7, 11) is -1.29. The van der Waals surface area contributed by atoms with Crippen molar-refractivity contribution in [3.63, 3.8) is 0 Å².